The van der Waals surface area contributed by atoms with Crippen molar-refractivity contribution < 1.29 is 14.6 Å². The molecule has 0 aliphatic carbocycles. The monoisotopic (exact) mass is 317 g/mol. The Balaban J connectivity index is 3.23. The average Bonchev–Trinajstić information content (AvgIpc) is 2.21. The van der Waals surface area contributed by atoms with Gasteiger partial charge < -0.3 is 9.84 Å². The molecule has 1 aromatic rings. The van der Waals surface area contributed by atoms with Crippen LogP contribution in [0.3, 0.4) is 0 Å². The van der Waals surface area contributed by atoms with Crippen LogP contribution in [0.4, 0.5) is 0 Å². The molecule has 0 saturated heterocycles. The lowest BCUT2D eigenvalue weighted by atomic mass is 10.1. The Kier molecular flexibility index (Phi) is 3.91. The van der Waals surface area contributed by atoms with Crippen molar-refractivity contribution in [3.8, 4) is 11.8 Å². The Bertz CT molecular complexity index is 437. The molecule has 0 aliphatic rings. The van der Waals surface area contributed by atoms with Gasteiger partial charge in [-0.25, -0.2) is 4.79 Å². The van der Waals surface area contributed by atoms with Crippen molar-refractivity contribution in [2.75, 3.05) is 6.61 Å². The predicted molar refractivity (Wildman–Crippen MR) is 61.5 cm³/mol. The van der Waals surface area contributed by atoms with Crippen molar-refractivity contribution in [3.63, 3.8) is 0 Å². The second-order valence-electron chi connectivity index (χ2n) is 2.68. The fraction of sp³-hybridized carbons (Fsp3) is 0.200. The number of rotatable bonds is 2. The summed E-state index contributed by atoms with van der Waals surface area (Å²) < 4.78 is 5.29. The highest BCUT2D eigenvalue weighted by molar-refractivity contribution is 14.1. The van der Waals surface area contributed by atoms with Gasteiger partial charge in [-0.3, -0.25) is 0 Å². The second kappa shape index (κ2) is 4.98. The van der Waals surface area contributed by atoms with Crippen molar-refractivity contribution in [2.45, 2.75) is 6.92 Å². The van der Waals surface area contributed by atoms with Crippen LogP contribution in [-0.4, -0.2) is 17.7 Å². The first kappa shape index (κ1) is 11.8. The summed E-state index contributed by atoms with van der Waals surface area (Å²) in [5.41, 5.74) is 0.299. The summed E-state index contributed by atoms with van der Waals surface area (Å²) in [6.07, 6.45) is 0. The van der Waals surface area contributed by atoms with Crippen LogP contribution in [0, 0.1) is 14.9 Å². The second-order valence-corrected chi connectivity index (χ2v) is 3.84. The van der Waals surface area contributed by atoms with Crippen LogP contribution in [0.25, 0.3) is 0 Å². The number of phenolic OH excluding ortho intramolecular Hbond substituents is 1. The van der Waals surface area contributed by atoms with Gasteiger partial charge in [0.1, 0.15) is 11.8 Å². The first-order valence-electron chi connectivity index (χ1n) is 4.19. The lowest BCUT2D eigenvalue weighted by Crippen LogP contribution is -2.07. The van der Waals surface area contributed by atoms with Gasteiger partial charge in [-0.05, 0) is 41.6 Å². The van der Waals surface area contributed by atoms with Gasteiger partial charge in [0.2, 0.25) is 0 Å². The molecule has 0 aliphatic heterocycles. The maximum absolute atomic E-state index is 11.4. The molecule has 0 heterocycles. The number of nitrogens with zero attached hydrogens (tertiary/aromatic N) is 1. The third-order valence-electron chi connectivity index (χ3n) is 1.70. The van der Waals surface area contributed by atoms with E-state index in [1.54, 1.807) is 6.92 Å². The minimum absolute atomic E-state index is 0.0300. The average molecular weight is 317 g/mol. The molecule has 0 fully saturated rings. The van der Waals surface area contributed by atoms with Crippen LogP contribution in [0.5, 0.6) is 5.75 Å². The summed E-state index contributed by atoms with van der Waals surface area (Å²) in [6.45, 7) is 1.91. The van der Waals surface area contributed by atoms with Gasteiger partial charge in [0.05, 0.1) is 21.3 Å². The number of halogens is 1. The number of ether oxygens (including phenoxy) is 1. The standard InChI is InChI=1S/C10H8INO3/c1-2-15-10(14)7-4-9(13)8(11)3-6(7)5-12/h3-4,13H,2H2,1H3. The molecule has 0 radical (unpaired) electrons. The molecular weight excluding hydrogens is 309 g/mol. The van der Waals surface area contributed by atoms with E-state index in [9.17, 15) is 9.90 Å². The van der Waals surface area contributed by atoms with Gasteiger partial charge in [0, 0.05) is 0 Å². The maximum Gasteiger partial charge on any atom is 0.339 e. The number of nitriles is 1. The van der Waals surface area contributed by atoms with Crippen LogP contribution < -0.4 is 0 Å². The number of esters is 1. The quantitative estimate of drug-likeness (QED) is 0.669. The molecule has 0 bridgehead atoms. The first-order valence-corrected chi connectivity index (χ1v) is 5.27. The normalized spacial score (nSPS) is 9.40. The molecule has 0 unspecified atom stereocenters. The van der Waals surface area contributed by atoms with E-state index in [1.165, 1.54) is 12.1 Å². The van der Waals surface area contributed by atoms with Crippen molar-refractivity contribution in [1.82, 2.24) is 0 Å². The number of phenols is 1. The van der Waals surface area contributed by atoms with Gasteiger partial charge in [0.15, 0.2) is 0 Å². The van der Waals surface area contributed by atoms with Gasteiger partial charge in [0.25, 0.3) is 0 Å². The Labute approximate surface area is 101 Å². The Hall–Kier alpha value is -1.29. The van der Waals surface area contributed by atoms with Gasteiger partial charge in [-0.1, -0.05) is 0 Å². The van der Waals surface area contributed by atoms with Crippen LogP contribution in [-0.2, 0) is 4.74 Å². The zero-order chi connectivity index (χ0) is 11.4. The third-order valence-corrected chi connectivity index (χ3v) is 2.57. The summed E-state index contributed by atoms with van der Waals surface area (Å²) in [7, 11) is 0. The van der Waals surface area contributed by atoms with Crippen molar-refractivity contribution in [3.05, 3.63) is 26.8 Å². The molecule has 15 heavy (non-hydrogen) atoms. The fourth-order valence-electron chi connectivity index (χ4n) is 1.03. The molecule has 0 spiro atoms. The molecule has 78 valence electrons. The van der Waals surface area contributed by atoms with E-state index in [4.69, 9.17) is 10.00 Å². The van der Waals surface area contributed by atoms with Gasteiger partial charge in [-0.2, -0.15) is 5.26 Å². The van der Waals surface area contributed by atoms with Crippen LogP contribution in [0.15, 0.2) is 12.1 Å². The minimum Gasteiger partial charge on any atom is -0.507 e. The summed E-state index contributed by atoms with van der Waals surface area (Å²) in [5.74, 6) is -0.626. The highest BCUT2D eigenvalue weighted by atomic mass is 127. The molecule has 0 aromatic heterocycles. The Morgan fingerprint density at radius 1 is 1.67 bits per heavy atom. The summed E-state index contributed by atoms with van der Waals surface area (Å²) in [4.78, 5) is 11.4. The topological polar surface area (TPSA) is 70.3 Å². The Morgan fingerprint density at radius 2 is 2.33 bits per heavy atom. The van der Waals surface area contributed by atoms with Crippen molar-refractivity contribution in [1.29, 1.82) is 5.26 Å². The molecule has 1 rings (SSSR count). The summed E-state index contributed by atoms with van der Waals surface area (Å²) in [5, 5.41) is 18.2. The SMILES string of the molecule is CCOC(=O)c1cc(O)c(I)cc1C#N. The lowest BCUT2D eigenvalue weighted by Gasteiger charge is -2.05. The molecule has 1 aromatic carbocycles. The number of aromatic hydroxyl groups is 1. The largest absolute Gasteiger partial charge is 0.507 e. The number of carbonyl (C=O) groups is 1. The smallest absolute Gasteiger partial charge is 0.339 e. The molecule has 1 N–H and O–H groups in total. The number of hydrogen-bond donors (Lipinski definition) is 1. The van der Waals surface area contributed by atoms with Crippen LogP contribution >= 0.6 is 22.6 Å². The van der Waals surface area contributed by atoms with Gasteiger partial charge >= 0.3 is 5.97 Å². The van der Waals surface area contributed by atoms with Crippen molar-refractivity contribution in [2.24, 2.45) is 0 Å². The van der Waals surface area contributed by atoms with E-state index < -0.39 is 5.97 Å². The van der Waals surface area contributed by atoms with Crippen LogP contribution in [0.1, 0.15) is 22.8 Å². The van der Waals surface area contributed by atoms with E-state index in [2.05, 4.69) is 0 Å². The van der Waals surface area contributed by atoms with Crippen molar-refractivity contribution >= 4 is 28.6 Å². The van der Waals surface area contributed by atoms with E-state index in [-0.39, 0.29) is 23.5 Å². The van der Waals surface area contributed by atoms with E-state index >= 15 is 0 Å². The molecule has 5 heteroatoms. The maximum atomic E-state index is 11.4. The minimum atomic E-state index is -0.597. The zero-order valence-corrected chi connectivity index (χ0v) is 10.1. The zero-order valence-electron chi connectivity index (χ0n) is 7.95. The molecular formula is C10H8INO3. The first-order chi connectivity index (χ1) is 7.10. The summed E-state index contributed by atoms with van der Waals surface area (Å²) >= 11 is 1.88. The van der Waals surface area contributed by atoms with E-state index in [0.29, 0.717) is 3.57 Å². The third kappa shape index (κ3) is 2.59. The fourth-order valence-corrected chi connectivity index (χ4v) is 1.50. The molecule has 0 saturated carbocycles. The highest BCUT2D eigenvalue weighted by Gasteiger charge is 2.15. The molecule has 0 amide bonds. The lowest BCUT2D eigenvalue weighted by molar-refractivity contribution is 0.0525. The molecule has 4 nitrogen and oxygen atoms in total. The van der Waals surface area contributed by atoms with Crippen LogP contribution in [0.2, 0.25) is 0 Å². The number of hydrogen-bond acceptors (Lipinski definition) is 4. The number of carbonyl (C=O) groups excluding carboxylic acids is 1. The Morgan fingerprint density at radius 3 is 2.87 bits per heavy atom. The summed E-state index contributed by atoms with van der Waals surface area (Å²) in [6, 6.07) is 4.58. The van der Waals surface area contributed by atoms with E-state index in [1.807, 2.05) is 28.7 Å². The highest BCUT2D eigenvalue weighted by Crippen LogP contribution is 2.24. The van der Waals surface area contributed by atoms with E-state index in [0.717, 1.165) is 0 Å². The predicted octanol–water partition coefficient (Wildman–Crippen LogP) is 2.05. The number of benzene rings is 1. The van der Waals surface area contributed by atoms with Gasteiger partial charge in [-0.15, -0.1) is 0 Å². The molecule has 0 atom stereocenters.